The van der Waals surface area contributed by atoms with Crippen LogP contribution in [-0.4, -0.2) is 35.8 Å². The molecule has 1 unspecified atom stereocenters. The minimum atomic E-state index is -0.0390. The number of hydrogen-bond acceptors (Lipinski definition) is 3. The Kier molecular flexibility index (Phi) is 6.49. The van der Waals surface area contributed by atoms with Crippen molar-refractivity contribution in [1.29, 1.82) is 0 Å². The quantitative estimate of drug-likeness (QED) is 0.828. The summed E-state index contributed by atoms with van der Waals surface area (Å²) in [7, 11) is 0. The lowest BCUT2D eigenvalue weighted by Gasteiger charge is -2.33. The number of nitrogens with one attached hydrogen (secondary N) is 1. The van der Waals surface area contributed by atoms with Crippen LogP contribution in [0.15, 0.2) is 24.3 Å². The first kappa shape index (κ1) is 17.3. The van der Waals surface area contributed by atoms with Crippen molar-refractivity contribution < 1.29 is 9.59 Å². The highest BCUT2D eigenvalue weighted by Gasteiger charge is 2.23. The van der Waals surface area contributed by atoms with Gasteiger partial charge in [-0.2, -0.15) is 0 Å². The third-order valence-electron chi connectivity index (χ3n) is 3.52. The van der Waals surface area contributed by atoms with E-state index < -0.39 is 0 Å². The number of nitrogen functional groups attached to an aromatic ring is 1. The average molecular weight is 312 g/mol. The Hall–Kier alpha value is -1.75. The Morgan fingerprint density at radius 2 is 2.00 bits per heavy atom. The molecule has 0 spiro atoms. The van der Waals surface area contributed by atoms with Gasteiger partial charge in [0.1, 0.15) is 0 Å². The maximum absolute atomic E-state index is 12.3. The van der Waals surface area contributed by atoms with E-state index in [1.807, 2.05) is 17.0 Å². The first-order valence-corrected chi connectivity index (χ1v) is 6.94. The summed E-state index contributed by atoms with van der Waals surface area (Å²) in [5.41, 5.74) is 7.29. The second-order valence-corrected chi connectivity index (χ2v) is 5.30. The molecule has 6 heteroatoms. The highest BCUT2D eigenvalue weighted by atomic mass is 35.5. The number of nitrogens with zero attached hydrogens (tertiary/aromatic N) is 1. The third kappa shape index (κ3) is 5.27. The third-order valence-corrected chi connectivity index (χ3v) is 3.52. The van der Waals surface area contributed by atoms with E-state index in [0.29, 0.717) is 18.7 Å². The Labute approximate surface area is 131 Å². The van der Waals surface area contributed by atoms with Crippen LogP contribution in [0.1, 0.15) is 25.3 Å². The van der Waals surface area contributed by atoms with Gasteiger partial charge in [0.15, 0.2) is 0 Å². The number of benzene rings is 1. The molecule has 1 atom stereocenters. The largest absolute Gasteiger partial charge is 0.399 e. The van der Waals surface area contributed by atoms with Crippen LogP contribution in [0.5, 0.6) is 0 Å². The Balaban J connectivity index is 0.00000220. The van der Waals surface area contributed by atoms with Gasteiger partial charge in [0, 0.05) is 31.7 Å². The number of likely N-dealkylation sites (tertiary alicyclic amines) is 1. The van der Waals surface area contributed by atoms with E-state index in [0.717, 1.165) is 24.9 Å². The topological polar surface area (TPSA) is 75.4 Å². The van der Waals surface area contributed by atoms with Gasteiger partial charge < -0.3 is 16.0 Å². The normalized spacial score (nSPS) is 17.8. The van der Waals surface area contributed by atoms with Gasteiger partial charge in [-0.3, -0.25) is 9.59 Å². The fourth-order valence-electron chi connectivity index (χ4n) is 2.53. The minimum absolute atomic E-state index is 0. The molecule has 1 fully saturated rings. The summed E-state index contributed by atoms with van der Waals surface area (Å²) in [5.74, 6) is 0.0626. The molecule has 0 bridgehead atoms. The number of piperidine rings is 1. The van der Waals surface area contributed by atoms with Gasteiger partial charge in [-0.1, -0.05) is 12.1 Å². The summed E-state index contributed by atoms with van der Waals surface area (Å²) in [6, 6.07) is 7.44. The molecule has 1 aliphatic rings. The number of amides is 2. The van der Waals surface area contributed by atoms with Crippen LogP contribution in [0.2, 0.25) is 0 Å². The molecule has 2 amide bonds. The lowest BCUT2D eigenvalue weighted by atomic mass is 10.0. The SMILES string of the molecule is CC(=O)NC1CCCN(C(=O)Cc2ccc(N)cc2)C1.Cl. The summed E-state index contributed by atoms with van der Waals surface area (Å²) < 4.78 is 0. The minimum Gasteiger partial charge on any atom is -0.399 e. The number of anilines is 1. The van der Waals surface area contributed by atoms with Gasteiger partial charge in [-0.15, -0.1) is 12.4 Å². The predicted molar refractivity (Wildman–Crippen MR) is 85.2 cm³/mol. The molecule has 5 nitrogen and oxygen atoms in total. The van der Waals surface area contributed by atoms with E-state index in [1.165, 1.54) is 6.92 Å². The van der Waals surface area contributed by atoms with Crippen LogP contribution >= 0.6 is 12.4 Å². The highest BCUT2D eigenvalue weighted by molar-refractivity contribution is 5.85. The lowest BCUT2D eigenvalue weighted by molar-refractivity contribution is -0.132. The first-order valence-electron chi connectivity index (χ1n) is 6.94. The smallest absolute Gasteiger partial charge is 0.227 e. The second kappa shape index (κ2) is 7.88. The van der Waals surface area contributed by atoms with Crippen molar-refractivity contribution in [2.45, 2.75) is 32.2 Å². The number of halogens is 1. The van der Waals surface area contributed by atoms with Crippen LogP contribution in [0.4, 0.5) is 5.69 Å². The molecule has 1 heterocycles. The summed E-state index contributed by atoms with van der Waals surface area (Å²) in [6.45, 7) is 2.88. The molecule has 1 aliphatic heterocycles. The number of nitrogens with two attached hydrogens (primary N) is 1. The zero-order valence-electron chi connectivity index (χ0n) is 12.2. The van der Waals surface area contributed by atoms with Gasteiger partial charge in [-0.05, 0) is 30.5 Å². The maximum atomic E-state index is 12.3. The number of carbonyl (C=O) groups is 2. The maximum Gasteiger partial charge on any atom is 0.227 e. The van der Waals surface area contributed by atoms with Gasteiger partial charge in [0.25, 0.3) is 0 Å². The van der Waals surface area contributed by atoms with Crippen molar-refractivity contribution in [2.24, 2.45) is 0 Å². The Morgan fingerprint density at radius 1 is 1.33 bits per heavy atom. The highest BCUT2D eigenvalue weighted by Crippen LogP contribution is 2.13. The van der Waals surface area contributed by atoms with E-state index in [2.05, 4.69) is 5.32 Å². The molecule has 1 aromatic carbocycles. The van der Waals surface area contributed by atoms with E-state index in [-0.39, 0.29) is 30.3 Å². The standard InChI is InChI=1S/C15H21N3O2.ClH/c1-11(19)17-14-3-2-8-18(10-14)15(20)9-12-4-6-13(16)7-5-12;/h4-7,14H,2-3,8-10,16H2,1H3,(H,17,19);1H. The molecule has 3 N–H and O–H groups in total. The molecular formula is C15H22ClN3O2. The van der Waals surface area contributed by atoms with Gasteiger partial charge in [0.05, 0.1) is 6.42 Å². The Morgan fingerprint density at radius 3 is 2.62 bits per heavy atom. The molecular weight excluding hydrogens is 290 g/mol. The van der Waals surface area contributed by atoms with Crippen LogP contribution in [0.25, 0.3) is 0 Å². The van der Waals surface area contributed by atoms with E-state index in [1.54, 1.807) is 12.1 Å². The fraction of sp³-hybridized carbons (Fsp3) is 0.467. The molecule has 0 saturated carbocycles. The molecule has 1 aromatic rings. The van der Waals surface area contributed by atoms with Crippen molar-refractivity contribution in [3.8, 4) is 0 Å². The predicted octanol–water partition coefficient (Wildman–Crippen LogP) is 1.36. The van der Waals surface area contributed by atoms with Gasteiger partial charge in [-0.25, -0.2) is 0 Å². The molecule has 2 rings (SSSR count). The molecule has 0 aromatic heterocycles. The summed E-state index contributed by atoms with van der Waals surface area (Å²) in [6.07, 6.45) is 2.25. The summed E-state index contributed by atoms with van der Waals surface area (Å²) in [4.78, 5) is 25.2. The van der Waals surface area contributed by atoms with Gasteiger partial charge >= 0.3 is 0 Å². The first-order chi connectivity index (χ1) is 9.54. The lowest BCUT2D eigenvalue weighted by Crippen LogP contribution is -2.49. The molecule has 116 valence electrons. The monoisotopic (exact) mass is 311 g/mol. The van der Waals surface area contributed by atoms with Crippen molar-refractivity contribution in [3.05, 3.63) is 29.8 Å². The van der Waals surface area contributed by atoms with Crippen molar-refractivity contribution in [1.82, 2.24) is 10.2 Å². The van der Waals surface area contributed by atoms with Crippen LogP contribution in [-0.2, 0) is 16.0 Å². The number of hydrogen-bond donors (Lipinski definition) is 2. The second-order valence-electron chi connectivity index (χ2n) is 5.30. The molecule has 0 aliphatic carbocycles. The van der Waals surface area contributed by atoms with Crippen LogP contribution < -0.4 is 11.1 Å². The number of carbonyl (C=O) groups excluding carboxylic acids is 2. The summed E-state index contributed by atoms with van der Waals surface area (Å²) in [5, 5.41) is 2.89. The zero-order valence-corrected chi connectivity index (χ0v) is 13.0. The van der Waals surface area contributed by atoms with Crippen LogP contribution in [0.3, 0.4) is 0 Å². The average Bonchev–Trinajstić information content (AvgIpc) is 2.41. The summed E-state index contributed by atoms with van der Waals surface area (Å²) >= 11 is 0. The molecule has 0 radical (unpaired) electrons. The van der Waals surface area contributed by atoms with E-state index >= 15 is 0 Å². The van der Waals surface area contributed by atoms with Crippen molar-refractivity contribution >= 4 is 29.9 Å². The van der Waals surface area contributed by atoms with E-state index in [9.17, 15) is 9.59 Å². The Bertz CT molecular complexity index is 490. The number of rotatable bonds is 3. The molecule has 1 saturated heterocycles. The van der Waals surface area contributed by atoms with E-state index in [4.69, 9.17) is 5.73 Å². The fourth-order valence-corrected chi connectivity index (χ4v) is 2.53. The zero-order chi connectivity index (χ0) is 14.5. The van der Waals surface area contributed by atoms with Gasteiger partial charge in [0.2, 0.25) is 11.8 Å². The molecule has 21 heavy (non-hydrogen) atoms. The van der Waals surface area contributed by atoms with Crippen LogP contribution in [0, 0.1) is 0 Å². The van der Waals surface area contributed by atoms with Crippen molar-refractivity contribution in [3.63, 3.8) is 0 Å². The van der Waals surface area contributed by atoms with Crippen molar-refractivity contribution in [2.75, 3.05) is 18.8 Å².